The normalized spacial score (nSPS) is 15.4. The molecule has 1 heterocycles. The second kappa shape index (κ2) is 7.70. The van der Waals surface area contributed by atoms with E-state index in [1.54, 1.807) is 21.3 Å². The van der Waals surface area contributed by atoms with Crippen molar-refractivity contribution in [2.75, 3.05) is 41.0 Å². The van der Waals surface area contributed by atoms with Crippen molar-refractivity contribution in [3.8, 4) is 0 Å². The first-order valence-electron chi connectivity index (χ1n) is 7.25. The summed E-state index contributed by atoms with van der Waals surface area (Å²) in [4.78, 5) is 6.95. The van der Waals surface area contributed by atoms with Crippen molar-refractivity contribution in [3.63, 3.8) is 0 Å². The van der Waals surface area contributed by atoms with Crippen molar-refractivity contribution in [2.24, 2.45) is 4.99 Å². The van der Waals surface area contributed by atoms with E-state index in [9.17, 15) is 0 Å². The van der Waals surface area contributed by atoms with Gasteiger partial charge in [0.1, 0.15) is 5.84 Å². The summed E-state index contributed by atoms with van der Waals surface area (Å²) in [7, 11) is 2.52. The first-order chi connectivity index (χ1) is 10.2. The molecule has 0 spiro atoms. The van der Waals surface area contributed by atoms with Crippen LogP contribution in [0.5, 0.6) is 0 Å². The number of benzene rings is 1. The second-order valence-electron chi connectivity index (χ2n) is 4.96. The van der Waals surface area contributed by atoms with E-state index in [1.807, 2.05) is 18.2 Å². The Bertz CT molecular complexity index is 455. The predicted octanol–water partition coefficient (Wildman–Crippen LogP) is 2.02. The molecule has 0 atom stereocenters. The smallest absolute Gasteiger partial charge is 0.377 e. The van der Waals surface area contributed by atoms with Gasteiger partial charge in [0.15, 0.2) is 0 Å². The lowest BCUT2D eigenvalue weighted by Gasteiger charge is -2.26. The largest absolute Gasteiger partial charge is 0.500 e. The maximum absolute atomic E-state index is 5.46. The van der Waals surface area contributed by atoms with Gasteiger partial charge in [0.05, 0.1) is 6.54 Å². The van der Waals surface area contributed by atoms with E-state index in [4.69, 9.17) is 13.3 Å². The van der Waals surface area contributed by atoms with Crippen molar-refractivity contribution in [1.29, 1.82) is 0 Å². The van der Waals surface area contributed by atoms with Gasteiger partial charge in [0, 0.05) is 46.0 Å². The van der Waals surface area contributed by atoms with Crippen molar-refractivity contribution in [2.45, 2.75) is 12.5 Å². The molecule has 0 unspecified atom stereocenters. The van der Waals surface area contributed by atoms with Gasteiger partial charge >= 0.3 is 8.80 Å². The monoisotopic (exact) mass is 308 g/mol. The molecule has 0 bridgehead atoms. The summed E-state index contributed by atoms with van der Waals surface area (Å²) in [6.45, 7) is 2.79. The lowest BCUT2D eigenvalue weighted by atomic mass is 10.2. The summed E-state index contributed by atoms with van der Waals surface area (Å²) in [5.74, 6) is 1.09. The Hall–Kier alpha value is -1.21. The highest BCUT2D eigenvalue weighted by Crippen LogP contribution is 2.17. The highest BCUT2D eigenvalue weighted by Gasteiger charge is 2.37. The quantitative estimate of drug-likeness (QED) is 0.689. The minimum Gasteiger partial charge on any atom is -0.377 e. The third-order valence-corrected chi connectivity index (χ3v) is 6.64. The lowest BCUT2D eigenvalue weighted by Crippen LogP contribution is -2.43. The highest BCUT2D eigenvalue weighted by molar-refractivity contribution is 6.60. The Morgan fingerprint density at radius 2 is 1.76 bits per heavy atom. The third kappa shape index (κ3) is 3.91. The molecule has 2 rings (SSSR count). The van der Waals surface area contributed by atoms with Gasteiger partial charge in [-0.1, -0.05) is 30.3 Å². The standard InChI is InChI=1S/C15H24N2O3Si/c1-18-21(19-2,20-3)13-7-11-17-12-10-16-15(17)14-8-5-4-6-9-14/h4-6,8-9H,7,10-13H2,1-3H3. The Balaban J connectivity index is 1.90. The van der Waals surface area contributed by atoms with Gasteiger partial charge in [-0.3, -0.25) is 4.99 Å². The fourth-order valence-electron chi connectivity index (χ4n) is 2.60. The third-order valence-electron chi connectivity index (χ3n) is 3.81. The topological polar surface area (TPSA) is 43.3 Å². The zero-order valence-corrected chi connectivity index (χ0v) is 14.0. The molecule has 6 heteroatoms. The van der Waals surface area contributed by atoms with E-state index in [2.05, 4.69) is 22.0 Å². The van der Waals surface area contributed by atoms with Crippen LogP contribution in [0, 0.1) is 0 Å². The molecule has 0 saturated carbocycles. The van der Waals surface area contributed by atoms with Crippen LogP contribution in [0.1, 0.15) is 12.0 Å². The predicted molar refractivity (Wildman–Crippen MR) is 85.6 cm³/mol. The van der Waals surface area contributed by atoms with Crippen LogP contribution in [0.25, 0.3) is 0 Å². The fourth-order valence-corrected chi connectivity index (χ4v) is 4.31. The number of rotatable bonds is 8. The molecule has 1 aliphatic heterocycles. The summed E-state index contributed by atoms with van der Waals surface area (Å²) >= 11 is 0. The van der Waals surface area contributed by atoms with Crippen LogP contribution in [0.4, 0.5) is 0 Å². The van der Waals surface area contributed by atoms with Gasteiger partial charge in [-0.15, -0.1) is 0 Å². The van der Waals surface area contributed by atoms with E-state index >= 15 is 0 Å². The zero-order chi connectivity index (χ0) is 15.1. The van der Waals surface area contributed by atoms with Crippen LogP contribution in [-0.4, -0.2) is 60.5 Å². The molecule has 1 aromatic rings. The van der Waals surface area contributed by atoms with Gasteiger partial charge in [-0.25, -0.2) is 0 Å². The lowest BCUT2D eigenvalue weighted by molar-refractivity contribution is 0.122. The van der Waals surface area contributed by atoms with E-state index in [0.717, 1.165) is 37.9 Å². The van der Waals surface area contributed by atoms with Crippen LogP contribution in [-0.2, 0) is 13.3 Å². The van der Waals surface area contributed by atoms with E-state index in [1.165, 1.54) is 5.56 Å². The molecule has 0 aliphatic carbocycles. The molecule has 0 saturated heterocycles. The molecule has 5 nitrogen and oxygen atoms in total. The van der Waals surface area contributed by atoms with Crippen molar-refractivity contribution < 1.29 is 13.3 Å². The van der Waals surface area contributed by atoms with E-state index in [0.29, 0.717) is 0 Å². The molecule has 0 radical (unpaired) electrons. The number of nitrogens with zero attached hydrogens (tertiary/aromatic N) is 2. The van der Waals surface area contributed by atoms with Crippen molar-refractivity contribution in [1.82, 2.24) is 4.90 Å². The number of amidine groups is 1. The molecule has 116 valence electrons. The molecule has 0 aromatic heterocycles. The summed E-state index contributed by atoms with van der Waals surface area (Å²) in [6, 6.07) is 11.2. The first-order valence-corrected chi connectivity index (χ1v) is 9.18. The highest BCUT2D eigenvalue weighted by atomic mass is 28.4. The molecular formula is C15H24N2O3Si. The van der Waals surface area contributed by atoms with Crippen LogP contribution >= 0.6 is 0 Å². The zero-order valence-electron chi connectivity index (χ0n) is 13.0. The fraction of sp³-hybridized carbons (Fsp3) is 0.533. The Morgan fingerprint density at radius 3 is 2.38 bits per heavy atom. The summed E-state index contributed by atoms with van der Waals surface area (Å²) in [5.41, 5.74) is 1.18. The van der Waals surface area contributed by atoms with Crippen LogP contribution in [0.3, 0.4) is 0 Å². The molecule has 21 heavy (non-hydrogen) atoms. The first kappa shape index (κ1) is 16.2. The summed E-state index contributed by atoms with van der Waals surface area (Å²) in [5, 5.41) is 0. The maximum atomic E-state index is 5.46. The molecule has 0 amide bonds. The summed E-state index contributed by atoms with van der Waals surface area (Å²) in [6.07, 6.45) is 0.966. The molecule has 1 aliphatic rings. The van der Waals surface area contributed by atoms with Gasteiger partial charge in [-0.05, 0) is 6.42 Å². The van der Waals surface area contributed by atoms with Gasteiger partial charge in [-0.2, -0.15) is 0 Å². The Kier molecular flexibility index (Phi) is 5.92. The van der Waals surface area contributed by atoms with Crippen molar-refractivity contribution in [3.05, 3.63) is 35.9 Å². The van der Waals surface area contributed by atoms with Crippen LogP contribution in [0.2, 0.25) is 6.04 Å². The van der Waals surface area contributed by atoms with E-state index < -0.39 is 8.80 Å². The molecule has 0 N–H and O–H groups in total. The molecule has 0 fully saturated rings. The number of hydrogen-bond acceptors (Lipinski definition) is 5. The number of aliphatic imine (C=N–C) groups is 1. The van der Waals surface area contributed by atoms with Crippen molar-refractivity contribution >= 4 is 14.6 Å². The number of hydrogen-bond donors (Lipinski definition) is 0. The summed E-state index contributed by atoms with van der Waals surface area (Å²) < 4.78 is 16.4. The van der Waals surface area contributed by atoms with Crippen LogP contribution in [0.15, 0.2) is 35.3 Å². The molecule has 1 aromatic carbocycles. The van der Waals surface area contributed by atoms with Gasteiger partial charge in [0.25, 0.3) is 0 Å². The minimum absolute atomic E-state index is 0.815. The average molecular weight is 308 g/mol. The van der Waals surface area contributed by atoms with Gasteiger partial charge in [0.2, 0.25) is 0 Å². The Labute approximate surface area is 127 Å². The molecular weight excluding hydrogens is 284 g/mol. The second-order valence-corrected chi connectivity index (χ2v) is 8.05. The van der Waals surface area contributed by atoms with E-state index in [-0.39, 0.29) is 0 Å². The van der Waals surface area contributed by atoms with Gasteiger partial charge < -0.3 is 18.2 Å². The Morgan fingerprint density at radius 1 is 1.10 bits per heavy atom. The maximum Gasteiger partial charge on any atom is 0.500 e. The average Bonchev–Trinajstić information content (AvgIpc) is 3.01. The SMILES string of the molecule is CO[Si](CCCN1CCN=C1c1ccccc1)(OC)OC. The van der Waals surface area contributed by atoms with Crippen LogP contribution < -0.4 is 0 Å². The minimum atomic E-state index is -2.46.